The first-order chi connectivity index (χ1) is 14.9. The summed E-state index contributed by atoms with van der Waals surface area (Å²) in [5.41, 5.74) is 1.93. The molecular weight excluding hydrogens is 434 g/mol. The first-order valence-corrected chi connectivity index (χ1v) is 11.8. The lowest BCUT2D eigenvalue weighted by molar-refractivity contribution is 0.192. The van der Waals surface area contributed by atoms with Gasteiger partial charge in [0.25, 0.3) is 10.0 Å². The Bertz CT molecular complexity index is 1170. The van der Waals surface area contributed by atoms with Crippen LogP contribution >= 0.6 is 11.6 Å². The van der Waals surface area contributed by atoms with Gasteiger partial charge < -0.3 is 4.90 Å². The Morgan fingerprint density at radius 2 is 1.55 bits per heavy atom. The number of amides is 2. The predicted octanol–water partition coefficient (Wildman–Crippen LogP) is 4.97. The highest BCUT2D eigenvalue weighted by molar-refractivity contribution is 7.92. The van der Waals surface area contributed by atoms with Crippen LogP contribution < -0.4 is 9.62 Å². The number of urea groups is 1. The van der Waals surface area contributed by atoms with Crippen LogP contribution in [0, 0.1) is 0 Å². The van der Waals surface area contributed by atoms with Crippen LogP contribution in [-0.4, -0.2) is 32.4 Å². The van der Waals surface area contributed by atoms with E-state index in [1.807, 2.05) is 30.3 Å². The second kappa shape index (κ2) is 8.99. The number of carbonyl (C=O) groups excluding carboxylic acids is 1. The van der Waals surface area contributed by atoms with E-state index < -0.39 is 10.0 Å². The zero-order chi connectivity index (χ0) is 21.8. The minimum atomic E-state index is -3.83. The van der Waals surface area contributed by atoms with Gasteiger partial charge in [-0.1, -0.05) is 54.1 Å². The SMILES string of the molecule is O=C1N(Cc2ccccc2)CCCN1c1ccccc1NS(=O)(=O)c1ccc(Cl)cc1. The number of para-hydroxylation sites is 2. The number of halogens is 1. The van der Waals surface area contributed by atoms with Crippen LogP contribution in [0.2, 0.25) is 5.02 Å². The monoisotopic (exact) mass is 455 g/mol. The van der Waals surface area contributed by atoms with Gasteiger partial charge in [-0.15, -0.1) is 0 Å². The van der Waals surface area contributed by atoms with Crippen molar-refractivity contribution in [2.75, 3.05) is 22.7 Å². The molecular formula is C23H22ClN3O3S. The van der Waals surface area contributed by atoms with Crippen molar-refractivity contribution in [2.45, 2.75) is 17.9 Å². The van der Waals surface area contributed by atoms with Crippen LogP contribution in [0.4, 0.5) is 16.2 Å². The maximum atomic E-state index is 13.2. The molecule has 0 radical (unpaired) electrons. The van der Waals surface area contributed by atoms with Crippen molar-refractivity contribution in [2.24, 2.45) is 0 Å². The molecule has 0 aliphatic carbocycles. The van der Waals surface area contributed by atoms with E-state index >= 15 is 0 Å². The Morgan fingerprint density at radius 3 is 2.29 bits per heavy atom. The van der Waals surface area contributed by atoms with Crippen molar-refractivity contribution in [3.63, 3.8) is 0 Å². The number of anilines is 2. The molecule has 31 heavy (non-hydrogen) atoms. The molecule has 0 aromatic heterocycles. The number of carbonyl (C=O) groups is 1. The quantitative estimate of drug-likeness (QED) is 0.570. The number of hydrogen-bond donors (Lipinski definition) is 1. The van der Waals surface area contributed by atoms with E-state index in [4.69, 9.17) is 11.6 Å². The van der Waals surface area contributed by atoms with E-state index in [2.05, 4.69) is 4.72 Å². The fraction of sp³-hybridized carbons (Fsp3) is 0.174. The van der Waals surface area contributed by atoms with Crippen LogP contribution in [0.3, 0.4) is 0 Å². The minimum absolute atomic E-state index is 0.0994. The molecule has 1 saturated heterocycles. The Hall–Kier alpha value is -3.03. The highest BCUT2D eigenvalue weighted by Gasteiger charge is 2.29. The number of sulfonamides is 1. The summed E-state index contributed by atoms with van der Waals surface area (Å²) in [6.45, 7) is 1.68. The van der Waals surface area contributed by atoms with E-state index in [9.17, 15) is 13.2 Å². The zero-order valence-corrected chi connectivity index (χ0v) is 18.3. The molecule has 2 amide bonds. The maximum absolute atomic E-state index is 13.2. The standard InChI is InChI=1S/C23H22ClN3O3S/c24-19-11-13-20(14-12-19)31(29,30)25-21-9-4-5-10-22(21)27-16-6-15-26(23(27)28)17-18-7-2-1-3-8-18/h1-5,7-14,25H,6,15-17H2. The molecule has 1 fully saturated rings. The number of nitrogens with one attached hydrogen (secondary N) is 1. The normalized spacial score (nSPS) is 14.5. The second-order valence-corrected chi connectivity index (χ2v) is 9.39. The van der Waals surface area contributed by atoms with Gasteiger partial charge in [-0.05, 0) is 48.4 Å². The van der Waals surface area contributed by atoms with Crippen molar-refractivity contribution < 1.29 is 13.2 Å². The van der Waals surface area contributed by atoms with Gasteiger partial charge in [0.2, 0.25) is 0 Å². The third-order valence-corrected chi connectivity index (χ3v) is 6.72. The Morgan fingerprint density at radius 1 is 0.871 bits per heavy atom. The first kappa shape index (κ1) is 21.2. The Balaban J connectivity index is 1.59. The topological polar surface area (TPSA) is 69.7 Å². The molecule has 0 atom stereocenters. The molecule has 8 heteroatoms. The van der Waals surface area contributed by atoms with E-state index in [1.165, 1.54) is 24.3 Å². The summed E-state index contributed by atoms with van der Waals surface area (Å²) >= 11 is 5.87. The summed E-state index contributed by atoms with van der Waals surface area (Å²) < 4.78 is 28.4. The fourth-order valence-corrected chi connectivity index (χ4v) is 4.77. The second-order valence-electron chi connectivity index (χ2n) is 7.27. The van der Waals surface area contributed by atoms with Crippen LogP contribution in [0.5, 0.6) is 0 Å². The molecule has 0 spiro atoms. The zero-order valence-electron chi connectivity index (χ0n) is 16.7. The average molecular weight is 456 g/mol. The molecule has 1 aliphatic rings. The summed E-state index contributed by atoms with van der Waals surface area (Å²) in [6, 6.07) is 22.5. The third-order valence-electron chi connectivity index (χ3n) is 5.09. The molecule has 1 N–H and O–H groups in total. The van der Waals surface area contributed by atoms with Gasteiger partial charge in [0.05, 0.1) is 16.3 Å². The van der Waals surface area contributed by atoms with Gasteiger partial charge in [-0.25, -0.2) is 13.2 Å². The third kappa shape index (κ3) is 4.84. The van der Waals surface area contributed by atoms with E-state index in [1.54, 1.807) is 34.1 Å². The van der Waals surface area contributed by atoms with Crippen molar-refractivity contribution in [3.05, 3.63) is 89.4 Å². The molecule has 160 valence electrons. The lowest BCUT2D eigenvalue weighted by Crippen LogP contribution is -2.49. The summed E-state index contributed by atoms with van der Waals surface area (Å²) in [7, 11) is -3.83. The van der Waals surface area contributed by atoms with Crippen LogP contribution in [-0.2, 0) is 16.6 Å². The molecule has 4 rings (SSSR count). The van der Waals surface area contributed by atoms with Crippen molar-refractivity contribution in [3.8, 4) is 0 Å². The molecule has 3 aromatic carbocycles. The highest BCUT2D eigenvalue weighted by Crippen LogP contribution is 2.31. The summed E-state index contributed by atoms with van der Waals surface area (Å²) in [4.78, 5) is 16.7. The van der Waals surface area contributed by atoms with Gasteiger partial charge in [-0.2, -0.15) is 0 Å². The molecule has 3 aromatic rings. The smallest absolute Gasteiger partial charge is 0.320 e. The maximum Gasteiger partial charge on any atom is 0.324 e. The number of nitrogens with zero attached hydrogens (tertiary/aromatic N) is 2. The van der Waals surface area contributed by atoms with Crippen molar-refractivity contribution in [1.82, 2.24) is 4.90 Å². The van der Waals surface area contributed by atoms with Gasteiger partial charge in [0, 0.05) is 24.7 Å². The predicted molar refractivity (Wildman–Crippen MR) is 123 cm³/mol. The number of hydrogen-bond acceptors (Lipinski definition) is 3. The van der Waals surface area contributed by atoms with E-state index in [0.29, 0.717) is 36.0 Å². The van der Waals surface area contributed by atoms with Gasteiger partial charge >= 0.3 is 6.03 Å². The molecule has 1 aliphatic heterocycles. The van der Waals surface area contributed by atoms with Crippen molar-refractivity contribution >= 4 is 39.0 Å². The Labute approximate surface area is 187 Å². The fourth-order valence-electron chi connectivity index (χ4n) is 3.57. The van der Waals surface area contributed by atoms with Gasteiger partial charge in [0.15, 0.2) is 0 Å². The van der Waals surface area contributed by atoms with Crippen molar-refractivity contribution in [1.29, 1.82) is 0 Å². The largest absolute Gasteiger partial charge is 0.324 e. The van der Waals surface area contributed by atoms with Crippen LogP contribution in [0.15, 0.2) is 83.8 Å². The van der Waals surface area contributed by atoms with Gasteiger partial charge in [0.1, 0.15) is 0 Å². The minimum Gasteiger partial charge on any atom is -0.320 e. The van der Waals surface area contributed by atoms with E-state index in [0.717, 1.165) is 12.0 Å². The summed E-state index contributed by atoms with van der Waals surface area (Å²) in [5, 5.41) is 0.455. The summed E-state index contributed by atoms with van der Waals surface area (Å²) in [6.07, 6.45) is 0.789. The summed E-state index contributed by atoms with van der Waals surface area (Å²) in [5.74, 6) is 0. The average Bonchev–Trinajstić information content (AvgIpc) is 2.77. The van der Waals surface area contributed by atoms with Crippen LogP contribution in [0.1, 0.15) is 12.0 Å². The first-order valence-electron chi connectivity index (χ1n) is 9.92. The molecule has 6 nitrogen and oxygen atoms in total. The number of benzene rings is 3. The van der Waals surface area contributed by atoms with Gasteiger partial charge in [-0.3, -0.25) is 9.62 Å². The van der Waals surface area contributed by atoms with Crippen LogP contribution in [0.25, 0.3) is 0 Å². The lowest BCUT2D eigenvalue weighted by atomic mass is 10.1. The highest BCUT2D eigenvalue weighted by atomic mass is 35.5. The number of rotatable bonds is 6. The lowest BCUT2D eigenvalue weighted by Gasteiger charge is -2.36. The molecule has 1 heterocycles. The molecule has 0 saturated carbocycles. The Kier molecular flexibility index (Phi) is 6.15. The molecule has 0 unspecified atom stereocenters. The van der Waals surface area contributed by atoms with E-state index in [-0.39, 0.29) is 10.9 Å². The molecule has 0 bridgehead atoms.